The Morgan fingerprint density at radius 1 is 0.840 bits per heavy atom. The van der Waals surface area contributed by atoms with Gasteiger partial charge < -0.3 is 8.60 Å². The van der Waals surface area contributed by atoms with Crippen LogP contribution in [0.2, 0.25) is 0 Å². The predicted octanol–water partition coefficient (Wildman–Crippen LogP) is 4.26. The molecule has 6 heteroatoms. The van der Waals surface area contributed by atoms with Crippen LogP contribution in [0.15, 0.2) is 88.2 Å². The van der Waals surface area contributed by atoms with Crippen molar-refractivity contribution in [2.75, 3.05) is 0 Å². The van der Waals surface area contributed by atoms with E-state index in [4.69, 9.17) is 8.60 Å². The highest BCUT2D eigenvalue weighted by molar-refractivity contribution is 7.87. The molecular weight excluding hydrogens is 338 g/mol. The molecule has 4 rings (SSSR count). The van der Waals surface area contributed by atoms with E-state index in [-0.39, 0.29) is 10.6 Å². The zero-order valence-electron chi connectivity index (χ0n) is 13.0. The van der Waals surface area contributed by atoms with Crippen molar-refractivity contribution in [3.8, 4) is 17.2 Å². The maximum Gasteiger partial charge on any atom is 0.339 e. The fourth-order valence-electron chi connectivity index (χ4n) is 2.42. The Morgan fingerprint density at radius 2 is 1.52 bits per heavy atom. The van der Waals surface area contributed by atoms with Crippen LogP contribution in [-0.2, 0) is 10.1 Å². The lowest BCUT2D eigenvalue weighted by atomic mass is 10.2. The maximum atomic E-state index is 12.3. The first-order chi connectivity index (χ1) is 12.1. The van der Waals surface area contributed by atoms with Gasteiger partial charge in [0.2, 0.25) is 5.89 Å². The van der Waals surface area contributed by atoms with E-state index in [1.165, 1.54) is 18.2 Å². The van der Waals surface area contributed by atoms with Crippen LogP contribution in [0.3, 0.4) is 0 Å². The smallest absolute Gasteiger partial charge is 0.339 e. The molecule has 5 nitrogen and oxygen atoms in total. The van der Waals surface area contributed by atoms with Crippen LogP contribution in [0.25, 0.3) is 22.6 Å². The minimum absolute atomic E-state index is 0.0950. The molecule has 124 valence electrons. The predicted molar refractivity (Wildman–Crippen MR) is 93.7 cm³/mol. The van der Waals surface area contributed by atoms with Crippen molar-refractivity contribution in [2.45, 2.75) is 4.90 Å². The van der Waals surface area contributed by atoms with Crippen molar-refractivity contribution in [3.63, 3.8) is 0 Å². The second-order valence-corrected chi connectivity index (χ2v) is 6.91. The Morgan fingerprint density at radius 3 is 2.24 bits per heavy atom. The van der Waals surface area contributed by atoms with Gasteiger partial charge in [-0.2, -0.15) is 8.42 Å². The molecule has 0 aliphatic carbocycles. The van der Waals surface area contributed by atoms with E-state index in [1.54, 1.807) is 30.3 Å². The first-order valence-corrected chi connectivity index (χ1v) is 8.98. The van der Waals surface area contributed by atoms with Gasteiger partial charge in [-0.1, -0.05) is 36.4 Å². The van der Waals surface area contributed by atoms with Crippen LogP contribution in [0, 0.1) is 0 Å². The van der Waals surface area contributed by atoms with Gasteiger partial charge >= 0.3 is 10.1 Å². The van der Waals surface area contributed by atoms with Crippen LogP contribution in [0.5, 0.6) is 5.75 Å². The van der Waals surface area contributed by atoms with Crippen LogP contribution >= 0.6 is 0 Å². The molecular formula is C19H13NO4S. The van der Waals surface area contributed by atoms with Crippen LogP contribution in [0.1, 0.15) is 0 Å². The number of nitrogens with zero attached hydrogens (tertiary/aromatic N) is 1. The average Bonchev–Trinajstić information content (AvgIpc) is 3.06. The SMILES string of the molecule is O=S(=O)(Oc1ccc2nc(-c3ccccc3)oc2c1)c1ccccc1. The minimum atomic E-state index is -3.89. The second-order valence-electron chi connectivity index (χ2n) is 5.37. The van der Waals surface area contributed by atoms with E-state index in [0.717, 1.165) is 5.56 Å². The quantitative estimate of drug-likeness (QED) is 0.514. The molecule has 0 N–H and O–H groups in total. The highest BCUT2D eigenvalue weighted by atomic mass is 32.2. The number of aromatic nitrogens is 1. The van der Waals surface area contributed by atoms with Crippen molar-refractivity contribution in [2.24, 2.45) is 0 Å². The Kier molecular flexibility index (Phi) is 3.74. The number of rotatable bonds is 4. The van der Waals surface area contributed by atoms with Crippen molar-refractivity contribution >= 4 is 21.2 Å². The molecule has 0 bridgehead atoms. The van der Waals surface area contributed by atoms with E-state index < -0.39 is 10.1 Å². The maximum absolute atomic E-state index is 12.3. The van der Waals surface area contributed by atoms with Crippen LogP contribution < -0.4 is 4.18 Å². The number of hydrogen-bond donors (Lipinski definition) is 0. The Bertz CT molecular complexity index is 1120. The second kappa shape index (κ2) is 6.07. The summed E-state index contributed by atoms with van der Waals surface area (Å²) in [5.74, 6) is 0.644. The molecule has 0 atom stereocenters. The highest BCUT2D eigenvalue weighted by Crippen LogP contribution is 2.28. The van der Waals surface area contributed by atoms with Gasteiger partial charge in [0, 0.05) is 11.6 Å². The molecule has 0 radical (unpaired) electrons. The monoisotopic (exact) mass is 351 g/mol. The summed E-state index contributed by atoms with van der Waals surface area (Å²) in [6, 6.07) is 22.2. The molecule has 25 heavy (non-hydrogen) atoms. The summed E-state index contributed by atoms with van der Waals surface area (Å²) < 4.78 is 35.5. The molecule has 1 heterocycles. The average molecular weight is 351 g/mol. The first-order valence-electron chi connectivity index (χ1n) is 7.57. The van der Waals surface area contributed by atoms with Gasteiger partial charge in [0.1, 0.15) is 16.2 Å². The van der Waals surface area contributed by atoms with E-state index in [1.807, 2.05) is 30.3 Å². The summed E-state index contributed by atoms with van der Waals surface area (Å²) in [6.07, 6.45) is 0. The molecule has 0 saturated heterocycles. The third-order valence-corrected chi connectivity index (χ3v) is 4.88. The fraction of sp³-hybridized carbons (Fsp3) is 0. The standard InChI is InChI=1S/C19H13NO4S/c21-25(22,16-9-5-2-6-10-16)24-15-11-12-17-18(13-15)23-19(20-17)14-7-3-1-4-8-14/h1-13H. The normalized spacial score (nSPS) is 11.5. The lowest BCUT2D eigenvalue weighted by molar-refractivity contribution is 0.486. The van der Waals surface area contributed by atoms with Crippen molar-refractivity contribution in [3.05, 3.63) is 78.9 Å². The lowest BCUT2D eigenvalue weighted by Gasteiger charge is -2.06. The van der Waals surface area contributed by atoms with Crippen molar-refractivity contribution in [1.82, 2.24) is 4.98 Å². The van der Waals surface area contributed by atoms with E-state index in [9.17, 15) is 8.42 Å². The molecule has 1 aromatic heterocycles. The van der Waals surface area contributed by atoms with Gasteiger partial charge in [-0.05, 0) is 36.4 Å². The Balaban J connectivity index is 1.68. The van der Waals surface area contributed by atoms with Gasteiger partial charge in [0.05, 0.1) is 0 Å². The molecule has 0 fully saturated rings. The molecule has 0 spiro atoms. The number of oxazole rings is 1. The Hall–Kier alpha value is -3.12. The summed E-state index contributed by atoms with van der Waals surface area (Å²) in [5, 5.41) is 0. The van der Waals surface area contributed by atoms with E-state index >= 15 is 0 Å². The largest absolute Gasteiger partial charge is 0.436 e. The molecule has 4 aromatic rings. The molecule has 3 aromatic carbocycles. The molecule has 0 amide bonds. The number of hydrogen-bond acceptors (Lipinski definition) is 5. The van der Waals surface area contributed by atoms with Gasteiger partial charge in [-0.15, -0.1) is 0 Å². The third-order valence-electron chi connectivity index (χ3n) is 3.62. The molecule has 0 aliphatic heterocycles. The minimum Gasteiger partial charge on any atom is -0.436 e. The van der Waals surface area contributed by atoms with Gasteiger partial charge in [-0.25, -0.2) is 4.98 Å². The summed E-state index contributed by atoms with van der Waals surface area (Å²) in [5.41, 5.74) is 1.93. The summed E-state index contributed by atoms with van der Waals surface area (Å²) in [6.45, 7) is 0. The molecule has 0 aliphatic rings. The van der Waals surface area contributed by atoms with Crippen LogP contribution in [0.4, 0.5) is 0 Å². The Labute approximate surface area is 144 Å². The number of benzene rings is 3. The van der Waals surface area contributed by atoms with E-state index in [0.29, 0.717) is 17.0 Å². The summed E-state index contributed by atoms with van der Waals surface area (Å²) in [4.78, 5) is 4.50. The summed E-state index contributed by atoms with van der Waals surface area (Å²) >= 11 is 0. The van der Waals surface area contributed by atoms with Crippen molar-refractivity contribution in [1.29, 1.82) is 0 Å². The van der Waals surface area contributed by atoms with Crippen LogP contribution in [-0.4, -0.2) is 13.4 Å². The molecule has 0 saturated carbocycles. The van der Waals surface area contributed by atoms with Gasteiger partial charge in [-0.3, -0.25) is 0 Å². The fourth-order valence-corrected chi connectivity index (χ4v) is 3.37. The zero-order chi connectivity index (χ0) is 17.3. The third kappa shape index (κ3) is 3.12. The van der Waals surface area contributed by atoms with E-state index in [2.05, 4.69) is 4.98 Å². The van der Waals surface area contributed by atoms with Gasteiger partial charge in [0.25, 0.3) is 0 Å². The van der Waals surface area contributed by atoms with Crippen molar-refractivity contribution < 1.29 is 17.0 Å². The lowest BCUT2D eigenvalue weighted by Crippen LogP contribution is -2.09. The summed E-state index contributed by atoms with van der Waals surface area (Å²) in [7, 11) is -3.89. The number of fused-ring (bicyclic) bond motifs is 1. The topological polar surface area (TPSA) is 69.4 Å². The first kappa shape index (κ1) is 15.4. The zero-order valence-corrected chi connectivity index (χ0v) is 13.8. The van der Waals surface area contributed by atoms with Gasteiger partial charge in [0.15, 0.2) is 5.58 Å². The molecule has 0 unspecified atom stereocenters. The highest BCUT2D eigenvalue weighted by Gasteiger charge is 2.17.